The highest BCUT2D eigenvalue weighted by Crippen LogP contribution is 2.03. The Hall–Kier alpha value is -1.45. The van der Waals surface area contributed by atoms with E-state index in [0.717, 1.165) is 11.6 Å². The molecule has 0 amide bonds. The SMILES string of the molecule is CNc1nc2cccn2[nH]1. The number of fused-ring (bicyclic) bond motifs is 1. The Morgan fingerprint density at radius 3 is 3.30 bits per heavy atom. The lowest BCUT2D eigenvalue weighted by Crippen LogP contribution is -1.90. The first-order chi connectivity index (χ1) is 4.90. The second-order valence-corrected chi connectivity index (χ2v) is 2.06. The van der Waals surface area contributed by atoms with Crippen molar-refractivity contribution in [3.63, 3.8) is 0 Å². The summed E-state index contributed by atoms with van der Waals surface area (Å²) in [4.78, 5) is 4.19. The minimum Gasteiger partial charge on any atom is -0.358 e. The third kappa shape index (κ3) is 0.586. The van der Waals surface area contributed by atoms with Gasteiger partial charge in [0.2, 0.25) is 5.95 Å². The van der Waals surface area contributed by atoms with Crippen LogP contribution < -0.4 is 5.32 Å². The zero-order valence-corrected chi connectivity index (χ0v) is 5.63. The molecule has 0 saturated carbocycles. The van der Waals surface area contributed by atoms with Crippen LogP contribution in [0.15, 0.2) is 18.3 Å². The molecule has 52 valence electrons. The van der Waals surface area contributed by atoms with Crippen molar-refractivity contribution in [2.24, 2.45) is 0 Å². The maximum absolute atomic E-state index is 4.19. The molecule has 2 rings (SSSR count). The standard InChI is InChI=1S/C6H8N4/c1-7-6-8-5-3-2-4-10(5)9-6/h2-4H,1H3,(H2,7,8,9). The summed E-state index contributed by atoms with van der Waals surface area (Å²) in [6, 6.07) is 3.88. The van der Waals surface area contributed by atoms with E-state index in [0.29, 0.717) is 0 Å². The zero-order valence-electron chi connectivity index (χ0n) is 5.63. The maximum atomic E-state index is 4.19. The van der Waals surface area contributed by atoms with Gasteiger partial charge in [0.05, 0.1) is 0 Å². The first-order valence-electron chi connectivity index (χ1n) is 3.11. The highest BCUT2D eigenvalue weighted by molar-refractivity contribution is 5.43. The second kappa shape index (κ2) is 1.76. The topological polar surface area (TPSA) is 45.1 Å². The summed E-state index contributed by atoms with van der Waals surface area (Å²) in [7, 11) is 1.83. The van der Waals surface area contributed by atoms with E-state index in [-0.39, 0.29) is 0 Å². The lowest BCUT2D eigenvalue weighted by Gasteiger charge is -1.86. The summed E-state index contributed by atoms with van der Waals surface area (Å²) in [5, 5.41) is 5.93. The van der Waals surface area contributed by atoms with Crippen LogP contribution in [0.1, 0.15) is 0 Å². The smallest absolute Gasteiger partial charge is 0.217 e. The fourth-order valence-electron chi connectivity index (χ4n) is 0.923. The molecule has 0 spiro atoms. The van der Waals surface area contributed by atoms with E-state index in [2.05, 4.69) is 15.4 Å². The number of hydrogen-bond acceptors (Lipinski definition) is 2. The normalized spacial score (nSPS) is 10.5. The number of nitrogens with zero attached hydrogens (tertiary/aromatic N) is 2. The number of rotatable bonds is 1. The average Bonchev–Trinajstić information content (AvgIpc) is 2.42. The average molecular weight is 136 g/mol. The number of aromatic nitrogens is 3. The lowest BCUT2D eigenvalue weighted by atomic mass is 10.6. The van der Waals surface area contributed by atoms with Crippen molar-refractivity contribution < 1.29 is 0 Å². The second-order valence-electron chi connectivity index (χ2n) is 2.06. The molecule has 0 aliphatic carbocycles. The van der Waals surface area contributed by atoms with Crippen molar-refractivity contribution in [2.45, 2.75) is 0 Å². The molecule has 0 aliphatic rings. The van der Waals surface area contributed by atoms with Crippen molar-refractivity contribution in [1.29, 1.82) is 0 Å². The van der Waals surface area contributed by atoms with Gasteiger partial charge in [-0.05, 0) is 12.1 Å². The number of hydrogen-bond donors (Lipinski definition) is 2. The van der Waals surface area contributed by atoms with Crippen molar-refractivity contribution in [3.8, 4) is 0 Å². The predicted molar refractivity (Wildman–Crippen MR) is 39.1 cm³/mol. The minimum atomic E-state index is 0.788. The molecular weight excluding hydrogens is 128 g/mol. The number of aromatic amines is 1. The van der Waals surface area contributed by atoms with Gasteiger partial charge in [0, 0.05) is 13.2 Å². The molecule has 0 aliphatic heterocycles. The van der Waals surface area contributed by atoms with Gasteiger partial charge >= 0.3 is 0 Å². The molecule has 0 atom stereocenters. The molecule has 2 aromatic rings. The molecule has 4 heteroatoms. The van der Waals surface area contributed by atoms with Crippen molar-refractivity contribution in [2.75, 3.05) is 12.4 Å². The van der Waals surface area contributed by atoms with Gasteiger partial charge in [0.1, 0.15) is 0 Å². The molecule has 10 heavy (non-hydrogen) atoms. The van der Waals surface area contributed by atoms with E-state index in [1.807, 2.05) is 29.9 Å². The summed E-state index contributed by atoms with van der Waals surface area (Å²) in [5.74, 6) is 0.788. The van der Waals surface area contributed by atoms with Gasteiger partial charge in [0.15, 0.2) is 5.65 Å². The van der Waals surface area contributed by atoms with Gasteiger partial charge in [-0.2, -0.15) is 4.98 Å². The molecule has 0 bridgehead atoms. The van der Waals surface area contributed by atoms with Crippen LogP contribution >= 0.6 is 0 Å². The van der Waals surface area contributed by atoms with Crippen LogP contribution in [-0.4, -0.2) is 21.6 Å². The Labute approximate surface area is 57.9 Å². The summed E-state index contributed by atoms with van der Waals surface area (Å²) >= 11 is 0. The van der Waals surface area contributed by atoms with Crippen molar-refractivity contribution >= 4 is 11.6 Å². The lowest BCUT2D eigenvalue weighted by molar-refractivity contribution is 0.977. The number of anilines is 1. The Morgan fingerprint density at radius 1 is 1.70 bits per heavy atom. The Kier molecular flexibility index (Phi) is 0.943. The Morgan fingerprint density at radius 2 is 2.60 bits per heavy atom. The van der Waals surface area contributed by atoms with Crippen LogP contribution in [0, 0.1) is 0 Å². The first-order valence-corrected chi connectivity index (χ1v) is 3.11. The van der Waals surface area contributed by atoms with E-state index >= 15 is 0 Å². The quantitative estimate of drug-likeness (QED) is 0.606. The predicted octanol–water partition coefficient (Wildman–Crippen LogP) is 0.704. The molecule has 2 N–H and O–H groups in total. The van der Waals surface area contributed by atoms with Crippen LogP contribution in [0.25, 0.3) is 5.65 Å². The highest BCUT2D eigenvalue weighted by Gasteiger charge is 1.96. The molecule has 0 radical (unpaired) electrons. The molecule has 0 saturated heterocycles. The first kappa shape index (κ1) is 5.34. The third-order valence-corrected chi connectivity index (χ3v) is 1.42. The van der Waals surface area contributed by atoms with Crippen LogP contribution in [0.5, 0.6) is 0 Å². The van der Waals surface area contributed by atoms with Crippen LogP contribution in [0.3, 0.4) is 0 Å². The van der Waals surface area contributed by atoms with Gasteiger partial charge < -0.3 is 5.32 Å². The summed E-state index contributed by atoms with van der Waals surface area (Å²) < 4.78 is 1.85. The van der Waals surface area contributed by atoms with E-state index < -0.39 is 0 Å². The van der Waals surface area contributed by atoms with Crippen LogP contribution in [0.4, 0.5) is 5.95 Å². The van der Waals surface area contributed by atoms with Gasteiger partial charge in [-0.3, -0.25) is 5.10 Å². The van der Waals surface area contributed by atoms with Crippen LogP contribution in [-0.2, 0) is 0 Å². The molecule has 2 heterocycles. The number of H-pyrrole nitrogens is 1. The molecule has 0 aromatic carbocycles. The van der Waals surface area contributed by atoms with E-state index in [1.165, 1.54) is 0 Å². The largest absolute Gasteiger partial charge is 0.358 e. The van der Waals surface area contributed by atoms with Crippen molar-refractivity contribution in [1.82, 2.24) is 14.6 Å². The molecule has 4 nitrogen and oxygen atoms in total. The monoisotopic (exact) mass is 136 g/mol. The van der Waals surface area contributed by atoms with Crippen LogP contribution in [0.2, 0.25) is 0 Å². The van der Waals surface area contributed by atoms with Gasteiger partial charge in [-0.15, -0.1) is 0 Å². The highest BCUT2D eigenvalue weighted by atomic mass is 15.3. The summed E-state index contributed by atoms with van der Waals surface area (Å²) in [6.07, 6.45) is 1.92. The summed E-state index contributed by atoms with van der Waals surface area (Å²) in [6.45, 7) is 0. The number of nitrogens with one attached hydrogen (secondary N) is 2. The van der Waals surface area contributed by atoms with E-state index in [9.17, 15) is 0 Å². The Balaban J connectivity index is 2.67. The van der Waals surface area contributed by atoms with E-state index in [4.69, 9.17) is 0 Å². The van der Waals surface area contributed by atoms with Gasteiger partial charge in [-0.25, -0.2) is 4.52 Å². The van der Waals surface area contributed by atoms with Gasteiger partial charge in [0.25, 0.3) is 0 Å². The maximum Gasteiger partial charge on any atom is 0.217 e. The Bertz CT molecular complexity index is 303. The molecule has 2 aromatic heterocycles. The summed E-state index contributed by atoms with van der Waals surface area (Å²) in [5.41, 5.74) is 0.935. The van der Waals surface area contributed by atoms with Crippen molar-refractivity contribution in [3.05, 3.63) is 18.3 Å². The fourth-order valence-corrected chi connectivity index (χ4v) is 0.923. The third-order valence-electron chi connectivity index (χ3n) is 1.42. The molecular formula is C6H8N4. The van der Waals surface area contributed by atoms with E-state index in [1.54, 1.807) is 0 Å². The molecule has 0 fully saturated rings. The van der Waals surface area contributed by atoms with Gasteiger partial charge in [-0.1, -0.05) is 0 Å². The zero-order chi connectivity index (χ0) is 6.97. The molecule has 0 unspecified atom stereocenters. The fraction of sp³-hybridized carbons (Fsp3) is 0.167. The minimum absolute atomic E-state index is 0.788.